The Labute approximate surface area is 175 Å². The number of nitrogens with zero attached hydrogens (tertiary/aromatic N) is 2. The molecular formula is C22H25N3O5. The highest BCUT2D eigenvalue weighted by atomic mass is 16.5. The molecular weight excluding hydrogens is 386 g/mol. The molecule has 30 heavy (non-hydrogen) atoms. The van der Waals surface area contributed by atoms with Gasteiger partial charge in [-0.1, -0.05) is 12.1 Å². The molecule has 0 saturated carbocycles. The topological polar surface area (TPSA) is 88.2 Å². The lowest BCUT2D eigenvalue weighted by atomic mass is 10.1. The molecule has 158 valence electrons. The maximum absolute atomic E-state index is 12.5. The highest BCUT2D eigenvalue weighted by molar-refractivity contribution is 6.05. The zero-order valence-electron chi connectivity index (χ0n) is 17.1. The van der Waals surface area contributed by atoms with Crippen LogP contribution in [0.5, 0.6) is 0 Å². The Kier molecular flexibility index (Phi) is 7.03. The number of likely N-dealkylation sites (tertiary alicyclic amines) is 1. The first-order valence-corrected chi connectivity index (χ1v) is 9.70. The highest BCUT2D eigenvalue weighted by Gasteiger charge is 2.27. The van der Waals surface area contributed by atoms with E-state index in [0.717, 1.165) is 25.9 Å². The zero-order valence-corrected chi connectivity index (χ0v) is 17.1. The molecule has 0 atom stereocenters. The minimum absolute atomic E-state index is 0.0230. The van der Waals surface area contributed by atoms with Crippen molar-refractivity contribution < 1.29 is 23.9 Å². The first-order chi connectivity index (χ1) is 14.5. The van der Waals surface area contributed by atoms with E-state index in [1.165, 1.54) is 25.2 Å². The van der Waals surface area contributed by atoms with Gasteiger partial charge in [-0.15, -0.1) is 0 Å². The Hall–Kier alpha value is -3.39. The summed E-state index contributed by atoms with van der Waals surface area (Å²) < 4.78 is 9.72. The molecule has 1 aromatic rings. The summed E-state index contributed by atoms with van der Waals surface area (Å²) in [7, 11) is 2.49. The summed E-state index contributed by atoms with van der Waals surface area (Å²) in [5, 5.41) is 2.90. The van der Waals surface area contributed by atoms with Gasteiger partial charge >= 0.3 is 11.9 Å². The number of rotatable bonds is 6. The fourth-order valence-electron chi connectivity index (χ4n) is 3.44. The molecule has 0 radical (unpaired) electrons. The quantitative estimate of drug-likeness (QED) is 0.718. The highest BCUT2D eigenvalue weighted by Crippen LogP contribution is 2.28. The number of esters is 2. The molecule has 1 saturated heterocycles. The van der Waals surface area contributed by atoms with Crippen molar-refractivity contribution >= 4 is 29.2 Å². The molecule has 1 amide bonds. The Balaban J connectivity index is 1.89. The van der Waals surface area contributed by atoms with E-state index in [2.05, 4.69) is 10.2 Å². The number of carbonyl (C=O) groups is 3. The molecule has 1 aromatic carbocycles. The second kappa shape index (κ2) is 9.89. The minimum Gasteiger partial charge on any atom is -0.465 e. The molecule has 3 rings (SSSR count). The van der Waals surface area contributed by atoms with Crippen molar-refractivity contribution in [1.29, 1.82) is 0 Å². The maximum Gasteiger partial charge on any atom is 0.355 e. The summed E-state index contributed by atoms with van der Waals surface area (Å²) in [6.45, 7) is 2.21. The standard InChI is InChI=1S/C22H25N3O5/c1-29-21(27)18-10-3-4-13-25(20(18)22(28)30-2)17-9-7-8-16(14-17)23-19(26)15-24-11-5-6-12-24/h3-4,7-10,13-14H,5-6,11-12,15H2,1-2H3,(H,23,26). The summed E-state index contributed by atoms with van der Waals surface area (Å²) in [5.41, 5.74) is 1.26. The lowest BCUT2D eigenvalue weighted by molar-refractivity contribution is -0.139. The van der Waals surface area contributed by atoms with E-state index in [1.807, 2.05) is 0 Å². The second-order valence-electron chi connectivity index (χ2n) is 6.90. The Morgan fingerprint density at radius 2 is 1.77 bits per heavy atom. The minimum atomic E-state index is -0.685. The molecule has 0 unspecified atom stereocenters. The third-order valence-corrected chi connectivity index (χ3v) is 4.86. The van der Waals surface area contributed by atoms with Gasteiger partial charge in [0.1, 0.15) is 5.70 Å². The van der Waals surface area contributed by atoms with E-state index < -0.39 is 11.9 Å². The zero-order chi connectivity index (χ0) is 21.5. The molecule has 0 bridgehead atoms. The third-order valence-electron chi connectivity index (χ3n) is 4.86. The molecule has 0 aliphatic carbocycles. The van der Waals surface area contributed by atoms with Crippen LogP contribution in [0.2, 0.25) is 0 Å². The number of allylic oxidation sites excluding steroid dienone is 2. The number of methoxy groups -OCH3 is 2. The SMILES string of the molecule is COC(=O)C1=C(C(=O)OC)N(c2cccc(NC(=O)CN3CCCC3)c2)C=CC=C1. The molecule has 2 heterocycles. The lowest BCUT2D eigenvalue weighted by Crippen LogP contribution is -2.31. The molecule has 0 aromatic heterocycles. The normalized spacial score (nSPS) is 16.4. The van der Waals surface area contributed by atoms with Gasteiger partial charge in [-0.05, 0) is 56.3 Å². The predicted octanol–water partition coefficient (Wildman–Crippen LogP) is 2.21. The van der Waals surface area contributed by atoms with Gasteiger partial charge in [-0.25, -0.2) is 9.59 Å². The van der Waals surface area contributed by atoms with E-state index in [0.29, 0.717) is 17.9 Å². The molecule has 1 N–H and O–H groups in total. The number of benzene rings is 1. The predicted molar refractivity (Wildman–Crippen MR) is 113 cm³/mol. The molecule has 1 fully saturated rings. The van der Waals surface area contributed by atoms with Gasteiger partial charge in [0.15, 0.2) is 0 Å². The average Bonchev–Trinajstić information content (AvgIpc) is 3.15. The van der Waals surface area contributed by atoms with Crippen LogP contribution in [0.1, 0.15) is 12.8 Å². The van der Waals surface area contributed by atoms with Gasteiger partial charge in [0.05, 0.1) is 26.3 Å². The Morgan fingerprint density at radius 1 is 1.03 bits per heavy atom. The van der Waals surface area contributed by atoms with Crippen LogP contribution in [0.4, 0.5) is 11.4 Å². The summed E-state index contributed by atoms with van der Waals surface area (Å²) in [6, 6.07) is 7.03. The van der Waals surface area contributed by atoms with Gasteiger partial charge in [0.25, 0.3) is 0 Å². The third kappa shape index (κ3) is 4.96. The summed E-state index contributed by atoms with van der Waals surface area (Å²) in [6.07, 6.45) is 8.70. The van der Waals surface area contributed by atoms with Crippen LogP contribution in [0.25, 0.3) is 0 Å². The number of hydrogen-bond donors (Lipinski definition) is 1. The van der Waals surface area contributed by atoms with E-state index >= 15 is 0 Å². The Bertz CT molecular complexity index is 913. The van der Waals surface area contributed by atoms with Gasteiger partial charge in [-0.3, -0.25) is 9.69 Å². The molecule has 8 nitrogen and oxygen atoms in total. The number of anilines is 2. The van der Waals surface area contributed by atoms with Crippen LogP contribution in [0, 0.1) is 0 Å². The van der Waals surface area contributed by atoms with E-state index in [9.17, 15) is 14.4 Å². The van der Waals surface area contributed by atoms with Gasteiger partial charge < -0.3 is 19.7 Å². The maximum atomic E-state index is 12.5. The van der Waals surface area contributed by atoms with Crippen molar-refractivity contribution in [2.75, 3.05) is 44.1 Å². The number of amides is 1. The van der Waals surface area contributed by atoms with Crippen LogP contribution < -0.4 is 10.2 Å². The molecule has 0 spiro atoms. The van der Waals surface area contributed by atoms with E-state index in [4.69, 9.17) is 9.47 Å². The van der Waals surface area contributed by atoms with Gasteiger partial charge in [0.2, 0.25) is 5.91 Å². The monoisotopic (exact) mass is 411 g/mol. The summed E-state index contributed by atoms with van der Waals surface area (Å²) in [4.78, 5) is 40.8. The Morgan fingerprint density at radius 3 is 2.47 bits per heavy atom. The molecule has 2 aliphatic heterocycles. The molecule has 8 heteroatoms. The summed E-state index contributed by atoms with van der Waals surface area (Å²) in [5.74, 6) is -1.44. The first-order valence-electron chi connectivity index (χ1n) is 9.70. The van der Waals surface area contributed by atoms with Crippen molar-refractivity contribution in [2.45, 2.75) is 12.8 Å². The number of nitrogens with one attached hydrogen (secondary N) is 1. The lowest BCUT2D eigenvalue weighted by Gasteiger charge is -2.23. The number of ether oxygens (including phenoxy) is 2. The van der Waals surface area contributed by atoms with Crippen molar-refractivity contribution in [2.24, 2.45) is 0 Å². The fourth-order valence-corrected chi connectivity index (χ4v) is 3.44. The van der Waals surface area contributed by atoms with Crippen LogP contribution in [-0.2, 0) is 23.9 Å². The van der Waals surface area contributed by atoms with Crippen molar-refractivity contribution in [3.05, 3.63) is 60.0 Å². The summed E-state index contributed by atoms with van der Waals surface area (Å²) >= 11 is 0. The fraction of sp³-hybridized carbons (Fsp3) is 0.318. The van der Waals surface area contributed by atoms with Crippen LogP contribution in [-0.4, -0.2) is 56.6 Å². The van der Waals surface area contributed by atoms with E-state index in [-0.39, 0.29) is 17.2 Å². The van der Waals surface area contributed by atoms with Crippen molar-refractivity contribution in [1.82, 2.24) is 4.90 Å². The van der Waals surface area contributed by atoms with Gasteiger partial charge in [0, 0.05) is 17.6 Å². The smallest absolute Gasteiger partial charge is 0.355 e. The number of carbonyl (C=O) groups excluding carboxylic acids is 3. The van der Waals surface area contributed by atoms with Crippen molar-refractivity contribution in [3.63, 3.8) is 0 Å². The van der Waals surface area contributed by atoms with Crippen LogP contribution in [0.3, 0.4) is 0 Å². The van der Waals surface area contributed by atoms with Gasteiger partial charge in [-0.2, -0.15) is 0 Å². The van der Waals surface area contributed by atoms with Crippen LogP contribution in [0.15, 0.2) is 60.0 Å². The largest absolute Gasteiger partial charge is 0.465 e. The van der Waals surface area contributed by atoms with Crippen LogP contribution >= 0.6 is 0 Å². The number of hydrogen-bond acceptors (Lipinski definition) is 7. The van der Waals surface area contributed by atoms with E-state index in [1.54, 1.807) is 42.6 Å². The average molecular weight is 411 g/mol. The second-order valence-corrected chi connectivity index (χ2v) is 6.90. The first kappa shape index (κ1) is 21.3. The van der Waals surface area contributed by atoms with Crippen molar-refractivity contribution in [3.8, 4) is 0 Å². The molecule has 2 aliphatic rings.